The number of fused-ring (bicyclic) bond motifs is 1. The normalized spacial score (nSPS) is 11.3. The molecule has 4 rings (SSSR count). The fraction of sp³-hybridized carbons (Fsp3) is 0.238. The highest BCUT2D eigenvalue weighted by molar-refractivity contribution is 7.15. The number of aryl methyl sites for hydroxylation is 1. The summed E-state index contributed by atoms with van der Waals surface area (Å²) in [6.07, 6.45) is 2.59. The molecule has 0 atom stereocenters. The highest BCUT2D eigenvalue weighted by Gasteiger charge is 2.20. The summed E-state index contributed by atoms with van der Waals surface area (Å²) in [4.78, 5) is 22.9. The van der Waals surface area contributed by atoms with Crippen LogP contribution >= 0.6 is 11.3 Å². The fourth-order valence-electron chi connectivity index (χ4n) is 3.00. The summed E-state index contributed by atoms with van der Waals surface area (Å²) >= 11 is 1.48. The van der Waals surface area contributed by atoms with Gasteiger partial charge in [-0.2, -0.15) is 0 Å². The van der Waals surface area contributed by atoms with E-state index in [-0.39, 0.29) is 11.8 Å². The molecule has 142 valence electrons. The zero-order chi connectivity index (χ0) is 19.7. The second-order valence-electron chi connectivity index (χ2n) is 6.95. The number of carbonyl (C=O) groups is 1. The van der Waals surface area contributed by atoms with Crippen LogP contribution in [-0.2, 0) is 6.42 Å². The maximum atomic E-state index is 13.0. The molecular formula is C21H20N4O2S. The van der Waals surface area contributed by atoms with Crippen molar-refractivity contribution >= 4 is 33.5 Å². The van der Waals surface area contributed by atoms with E-state index in [0.717, 1.165) is 17.0 Å². The Labute approximate surface area is 166 Å². The molecule has 3 aromatic heterocycles. The number of nitrogens with one attached hydrogen (secondary N) is 1. The average Bonchev–Trinajstić information content (AvgIpc) is 3.28. The highest BCUT2D eigenvalue weighted by Crippen LogP contribution is 2.27. The van der Waals surface area contributed by atoms with E-state index >= 15 is 0 Å². The van der Waals surface area contributed by atoms with Gasteiger partial charge in [-0.15, -0.1) is 11.3 Å². The number of pyridine rings is 1. The molecular weight excluding hydrogens is 372 g/mol. The van der Waals surface area contributed by atoms with Gasteiger partial charge in [-0.3, -0.25) is 10.1 Å². The van der Waals surface area contributed by atoms with Crippen LogP contribution in [0.4, 0.5) is 5.13 Å². The minimum atomic E-state index is -0.235. The van der Waals surface area contributed by atoms with Crippen molar-refractivity contribution in [3.8, 4) is 0 Å². The minimum absolute atomic E-state index is 0.165. The summed E-state index contributed by atoms with van der Waals surface area (Å²) in [5.41, 5.74) is 3.54. The predicted octanol–water partition coefficient (Wildman–Crippen LogP) is 4.95. The number of carbonyl (C=O) groups excluding carboxylic acids is 1. The molecule has 0 radical (unpaired) electrons. The maximum absolute atomic E-state index is 13.0. The number of anilines is 1. The van der Waals surface area contributed by atoms with Crippen LogP contribution < -0.4 is 5.32 Å². The molecule has 7 heteroatoms. The average molecular weight is 392 g/mol. The molecule has 0 aliphatic rings. The standard InChI is InChI=1S/C21H20N4O2S/c1-12(2)17-10-16(18-13(3)25-27-20(18)23-17)19(26)24-21-22-11-15(28-21)9-14-7-5-4-6-8-14/h4-8,10-12H,9H2,1-3H3,(H,22,24,26). The van der Waals surface area contributed by atoms with E-state index in [1.807, 2.05) is 38.1 Å². The third-order valence-electron chi connectivity index (χ3n) is 4.47. The maximum Gasteiger partial charge on any atom is 0.259 e. The quantitative estimate of drug-likeness (QED) is 0.519. The number of amides is 1. The second-order valence-corrected chi connectivity index (χ2v) is 8.06. The number of nitrogens with zero attached hydrogens (tertiary/aromatic N) is 3. The highest BCUT2D eigenvalue weighted by atomic mass is 32.1. The molecule has 0 aliphatic carbocycles. The molecule has 1 N–H and O–H groups in total. The van der Waals surface area contributed by atoms with E-state index < -0.39 is 0 Å². The Morgan fingerprint density at radius 1 is 1.25 bits per heavy atom. The van der Waals surface area contributed by atoms with Crippen molar-refractivity contribution < 1.29 is 9.32 Å². The van der Waals surface area contributed by atoms with E-state index in [9.17, 15) is 4.79 Å². The molecule has 0 spiro atoms. The van der Waals surface area contributed by atoms with E-state index in [1.54, 1.807) is 13.1 Å². The van der Waals surface area contributed by atoms with Gasteiger partial charge in [0.1, 0.15) is 0 Å². The molecule has 0 unspecified atom stereocenters. The summed E-state index contributed by atoms with van der Waals surface area (Å²) in [5, 5.41) is 8.09. The second kappa shape index (κ2) is 7.52. The van der Waals surface area contributed by atoms with Crippen molar-refractivity contribution in [3.63, 3.8) is 0 Å². The van der Waals surface area contributed by atoms with Crippen molar-refractivity contribution in [2.24, 2.45) is 0 Å². The molecule has 0 saturated heterocycles. The Morgan fingerprint density at radius 3 is 2.79 bits per heavy atom. The van der Waals surface area contributed by atoms with Gasteiger partial charge in [-0.05, 0) is 24.5 Å². The Bertz CT molecular complexity index is 1130. The van der Waals surface area contributed by atoms with Gasteiger partial charge in [-0.25, -0.2) is 9.97 Å². The van der Waals surface area contributed by atoms with Crippen LogP contribution in [0, 0.1) is 6.92 Å². The first-order chi connectivity index (χ1) is 13.5. The minimum Gasteiger partial charge on any atom is -0.336 e. The van der Waals surface area contributed by atoms with Gasteiger partial charge < -0.3 is 4.52 Å². The topological polar surface area (TPSA) is 80.9 Å². The third-order valence-corrected chi connectivity index (χ3v) is 5.38. The van der Waals surface area contributed by atoms with Gasteiger partial charge in [0.25, 0.3) is 11.6 Å². The van der Waals surface area contributed by atoms with Crippen LogP contribution in [0.25, 0.3) is 11.1 Å². The molecule has 0 bridgehead atoms. The van der Waals surface area contributed by atoms with Crippen LogP contribution in [0.15, 0.2) is 47.1 Å². The van der Waals surface area contributed by atoms with E-state index in [1.165, 1.54) is 16.9 Å². The smallest absolute Gasteiger partial charge is 0.259 e. The lowest BCUT2D eigenvalue weighted by molar-refractivity contribution is 0.102. The van der Waals surface area contributed by atoms with Crippen LogP contribution in [0.5, 0.6) is 0 Å². The van der Waals surface area contributed by atoms with E-state index in [2.05, 4.69) is 32.6 Å². The van der Waals surface area contributed by atoms with Crippen LogP contribution in [0.1, 0.15) is 52.0 Å². The zero-order valence-electron chi connectivity index (χ0n) is 15.9. The largest absolute Gasteiger partial charge is 0.336 e. The Balaban J connectivity index is 1.60. The number of aromatic nitrogens is 3. The lowest BCUT2D eigenvalue weighted by atomic mass is 10.0. The van der Waals surface area contributed by atoms with Gasteiger partial charge >= 0.3 is 0 Å². The Morgan fingerprint density at radius 2 is 2.04 bits per heavy atom. The van der Waals surface area contributed by atoms with E-state index in [0.29, 0.717) is 27.5 Å². The van der Waals surface area contributed by atoms with Crippen molar-refractivity contribution in [3.05, 3.63) is 70.0 Å². The van der Waals surface area contributed by atoms with Crippen molar-refractivity contribution in [1.29, 1.82) is 0 Å². The van der Waals surface area contributed by atoms with Crippen LogP contribution in [0.2, 0.25) is 0 Å². The lowest BCUT2D eigenvalue weighted by Gasteiger charge is -2.08. The summed E-state index contributed by atoms with van der Waals surface area (Å²) in [6, 6.07) is 12.0. The van der Waals surface area contributed by atoms with Gasteiger partial charge in [0.15, 0.2) is 5.13 Å². The number of hydrogen-bond acceptors (Lipinski definition) is 6. The summed E-state index contributed by atoms with van der Waals surface area (Å²) < 4.78 is 5.30. The predicted molar refractivity (Wildman–Crippen MR) is 110 cm³/mol. The fourth-order valence-corrected chi connectivity index (χ4v) is 3.84. The SMILES string of the molecule is Cc1noc2nc(C(C)C)cc(C(=O)Nc3ncc(Cc4ccccc4)s3)c12. The van der Waals surface area contributed by atoms with Crippen molar-refractivity contribution in [1.82, 2.24) is 15.1 Å². The van der Waals surface area contributed by atoms with E-state index in [4.69, 9.17) is 4.52 Å². The number of thiazole rings is 1. The first-order valence-electron chi connectivity index (χ1n) is 9.08. The monoisotopic (exact) mass is 392 g/mol. The van der Waals surface area contributed by atoms with Gasteiger partial charge in [0, 0.05) is 23.2 Å². The number of hydrogen-bond donors (Lipinski definition) is 1. The molecule has 0 aliphatic heterocycles. The molecule has 0 fully saturated rings. The van der Waals surface area contributed by atoms with Crippen molar-refractivity contribution in [2.45, 2.75) is 33.1 Å². The number of rotatable bonds is 5. The van der Waals surface area contributed by atoms with Gasteiger partial charge in [0.05, 0.1) is 16.6 Å². The molecule has 4 aromatic rings. The first kappa shape index (κ1) is 18.3. The van der Waals surface area contributed by atoms with Gasteiger partial charge in [-0.1, -0.05) is 49.3 Å². The third kappa shape index (κ3) is 3.66. The Kier molecular flexibility index (Phi) is 4.92. The molecule has 0 saturated carbocycles. The molecule has 1 aromatic carbocycles. The van der Waals surface area contributed by atoms with Crippen molar-refractivity contribution in [2.75, 3.05) is 5.32 Å². The lowest BCUT2D eigenvalue weighted by Crippen LogP contribution is -2.13. The molecule has 1 amide bonds. The van der Waals surface area contributed by atoms with Crippen LogP contribution in [-0.4, -0.2) is 21.0 Å². The summed E-state index contributed by atoms with van der Waals surface area (Å²) in [5.74, 6) is -0.0695. The van der Waals surface area contributed by atoms with Gasteiger partial charge in [0.2, 0.25) is 0 Å². The summed E-state index contributed by atoms with van der Waals surface area (Å²) in [6.45, 7) is 5.85. The summed E-state index contributed by atoms with van der Waals surface area (Å²) in [7, 11) is 0. The molecule has 3 heterocycles. The Hall–Kier alpha value is -3.06. The van der Waals surface area contributed by atoms with Crippen LogP contribution in [0.3, 0.4) is 0 Å². The number of benzene rings is 1. The first-order valence-corrected chi connectivity index (χ1v) is 9.90. The molecule has 28 heavy (non-hydrogen) atoms. The molecule has 6 nitrogen and oxygen atoms in total. The zero-order valence-corrected chi connectivity index (χ0v) is 16.7.